The Kier molecular flexibility index (Phi) is 14.0. The first-order valence-electron chi connectivity index (χ1n) is 22.4. The number of halogens is 1. The molecule has 2 aliphatic carbocycles. The predicted molar refractivity (Wildman–Crippen MR) is 247 cm³/mol. The number of fused-ring (bicyclic) bond motifs is 3. The van der Waals surface area contributed by atoms with Gasteiger partial charge in [-0.15, -0.1) is 11.3 Å². The van der Waals surface area contributed by atoms with Gasteiger partial charge in [-0.05, 0) is 94.9 Å². The molecule has 4 aliphatic rings. The second kappa shape index (κ2) is 19.4. The second-order valence-corrected chi connectivity index (χ2v) is 22.0. The molecule has 0 bridgehead atoms. The number of allylic oxidation sites excluding steroid dienone is 2. The Bertz CT molecular complexity index is 2400. The summed E-state index contributed by atoms with van der Waals surface area (Å²) >= 11 is 8.00. The number of ether oxygens (including phenoxy) is 3. The Balaban J connectivity index is 1.13. The van der Waals surface area contributed by atoms with Crippen molar-refractivity contribution < 1.29 is 38.1 Å². The number of nitrogens with one attached hydrogen (secondary N) is 1. The molecule has 3 fully saturated rings. The Morgan fingerprint density at radius 1 is 1.03 bits per heavy atom. The van der Waals surface area contributed by atoms with Crippen LogP contribution in [-0.4, -0.2) is 80.5 Å². The van der Waals surface area contributed by atoms with Crippen LogP contribution in [0.1, 0.15) is 103 Å². The van der Waals surface area contributed by atoms with Crippen LogP contribution in [0.3, 0.4) is 0 Å². The molecule has 8 rings (SSSR count). The number of amides is 1. The van der Waals surface area contributed by atoms with Gasteiger partial charge in [0, 0.05) is 52.7 Å². The summed E-state index contributed by atoms with van der Waals surface area (Å²) < 4.78 is 33.0. The van der Waals surface area contributed by atoms with Gasteiger partial charge in [-0.1, -0.05) is 54.8 Å². The highest BCUT2D eigenvalue weighted by Gasteiger charge is 2.65. The number of carbonyl (C=O) groups excluding carboxylic acids is 3. The van der Waals surface area contributed by atoms with Crippen molar-refractivity contribution in [2.75, 3.05) is 19.0 Å². The van der Waals surface area contributed by atoms with Crippen LogP contribution in [0, 0.1) is 11.8 Å². The molecule has 2 N–H and O–H groups in total. The van der Waals surface area contributed by atoms with E-state index in [1.54, 1.807) is 36.3 Å². The molecule has 1 amide bonds. The third kappa shape index (κ3) is 10.3. The van der Waals surface area contributed by atoms with E-state index in [9.17, 15) is 23.8 Å². The summed E-state index contributed by atoms with van der Waals surface area (Å²) in [7, 11) is -2.45. The zero-order valence-corrected chi connectivity index (χ0v) is 38.8. The SMILES string of the molecule is COc1ccc2c(O[C@@H]3C[C@H]4C(=O)C[C@]5(P(=O)(O)Cc6ccccc6Cl)C[C@@H]5/C=C\CCCCC[C@H](CC(=O)OC5CCCC5)C(=O)N4C3)cc(-c3csc(NC(C)C)n3)nc2c1. The summed E-state index contributed by atoms with van der Waals surface area (Å²) in [5.41, 5.74) is 2.44. The van der Waals surface area contributed by atoms with Crippen molar-refractivity contribution in [1.82, 2.24) is 14.9 Å². The van der Waals surface area contributed by atoms with E-state index in [-0.39, 0.29) is 61.7 Å². The number of hydrogen-bond donors (Lipinski definition) is 2. The van der Waals surface area contributed by atoms with Crippen molar-refractivity contribution >= 4 is 64.0 Å². The van der Waals surface area contributed by atoms with Crippen LogP contribution >= 0.6 is 30.3 Å². The zero-order valence-electron chi connectivity index (χ0n) is 36.3. The molecule has 0 radical (unpaired) electrons. The van der Waals surface area contributed by atoms with Gasteiger partial charge in [0.15, 0.2) is 10.9 Å². The molecule has 6 atom stereocenters. The van der Waals surface area contributed by atoms with Crippen LogP contribution in [0.4, 0.5) is 5.13 Å². The summed E-state index contributed by atoms with van der Waals surface area (Å²) in [6, 6.07) is 13.7. The maximum absolute atomic E-state index is 15.0. The fraction of sp³-hybridized carbons (Fsp3) is 0.521. The number of hydrogen-bond acceptors (Lipinski definition) is 11. The van der Waals surface area contributed by atoms with Gasteiger partial charge in [-0.2, -0.15) is 0 Å². The van der Waals surface area contributed by atoms with Crippen LogP contribution in [0.5, 0.6) is 11.5 Å². The van der Waals surface area contributed by atoms with Crippen LogP contribution < -0.4 is 14.8 Å². The fourth-order valence-corrected chi connectivity index (χ4v) is 13.3. The molecule has 2 aliphatic heterocycles. The predicted octanol–water partition coefficient (Wildman–Crippen LogP) is 10.4. The highest BCUT2D eigenvalue weighted by atomic mass is 35.5. The highest BCUT2D eigenvalue weighted by molar-refractivity contribution is 7.59. The third-order valence-corrected chi connectivity index (χ3v) is 17.1. The van der Waals surface area contributed by atoms with E-state index < -0.39 is 36.6 Å². The minimum absolute atomic E-state index is 0.0741. The summed E-state index contributed by atoms with van der Waals surface area (Å²) in [6.45, 7) is 4.18. The minimum atomic E-state index is -4.05. The van der Waals surface area contributed by atoms with E-state index in [2.05, 4.69) is 11.4 Å². The molecule has 1 unspecified atom stereocenters. The number of benzene rings is 2. The van der Waals surface area contributed by atoms with E-state index in [1.807, 2.05) is 49.6 Å². The van der Waals surface area contributed by atoms with Crippen LogP contribution in [0.25, 0.3) is 22.3 Å². The smallest absolute Gasteiger partial charge is 0.306 e. The molecule has 1 saturated heterocycles. The maximum Gasteiger partial charge on any atom is 0.306 e. The molecular formula is C48H58ClN4O8PS. The molecule has 0 spiro atoms. The van der Waals surface area contributed by atoms with E-state index in [1.165, 1.54) is 11.3 Å². The zero-order chi connectivity index (χ0) is 44.3. The average molecular weight is 918 g/mol. The molecule has 12 nitrogen and oxygen atoms in total. The monoisotopic (exact) mass is 916 g/mol. The van der Waals surface area contributed by atoms with Crippen molar-refractivity contribution in [3.63, 3.8) is 0 Å². The van der Waals surface area contributed by atoms with E-state index in [0.29, 0.717) is 51.8 Å². The Hall–Kier alpha value is -4.29. The lowest BCUT2D eigenvalue weighted by Crippen LogP contribution is -2.45. The largest absolute Gasteiger partial charge is 0.497 e. The summed E-state index contributed by atoms with van der Waals surface area (Å²) in [5, 5.41) is 5.97. The molecular weight excluding hydrogens is 859 g/mol. The molecule has 2 saturated carbocycles. The number of rotatable bonds is 12. The van der Waals surface area contributed by atoms with Gasteiger partial charge in [0.1, 0.15) is 29.4 Å². The molecule has 4 aromatic rings. The molecule has 2 aromatic carbocycles. The van der Waals surface area contributed by atoms with E-state index >= 15 is 0 Å². The number of carbonyl (C=O) groups is 3. The van der Waals surface area contributed by atoms with Crippen LogP contribution in [0.2, 0.25) is 5.02 Å². The summed E-state index contributed by atoms with van der Waals surface area (Å²) in [6.07, 6.45) is 10.8. The average Bonchev–Trinajstić information content (AvgIpc) is 3.66. The lowest BCUT2D eigenvalue weighted by atomic mass is 9.94. The molecule has 15 heteroatoms. The maximum atomic E-state index is 15.0. The second-order valence-electron chi connectivity index (χ2n) is 18.1. The van der Waals surface area contributed by atoms with Crippen molar-refractivity contribution in [2.45, 2.75) is 133 Å². The number of thiazole rings is 1. The molecule has 63 heavy (non-hydrogen) atoms. The fourth-order valence-electron chi connectivity index (χ4n) is 9.66. The Morgan fingerprint density at radius 2 is 1.83 bits per heavy atom. The van der Waals surface area contributed by atoms with Gasteiger partial charge in [0.25, 0.3) is 0 Å². The Morgan fingerprint density at radius 3 is 2.60 bits per heavy atom. The quantitative estimate of drug-likeness (QED) is 0.0792. The number of aromatic nitrogens is 2. The molecule has 2 aromatic heterocycles. The van der Waals surface area contributed by atoms with E-state index in [0.717, 1.165) is 61.9 Å². The van der Waals surface area contributed by atoms with Crippen molar-refractivity contribution in [1.29, 1.82) is 0 Å². The number of methoxy groups -OCH3 is 1. The number of nitrogens with zero attached hydrogens (tertiary/aromatic N) is 3. The van der Waals surface area contributed by atoms with Gasteiger partial charge >= 0.3 is 5.97 Å². The van der Waals surface area contributed by atoms with Gasteiger partial charge in [-0.3, -0.25) is 18.9 Å². The molecule has 336 valence electrons. The van der Waals surface area contributed by atoms with Gasteiger partial charge in [0.2, 0.25) is 13.3 Å². The number of pyridine rings is 1. The number of anilines is 1. The van der Waals surface area contributed by atoms with Crippen molar-refractivity contribution in [3.05, 3.63) is 76.6 Å². The van der Waals surface area contributed by atoms with Crippen molar-refractivity contribution in [3.8, 4) is 22.9 Å². The minimum Gasteiger partial charge on any atom is -0.497 e. The first-order chi connectivity index (χ1) is 30.3. The third-order valence-electron chi connectivity index (χ3n) is 13.1. The summed E-state index contributed by atoms with van der Waals surface area (Å²) in [5.74, 6) is -0.817. The summed E-state index contributed by atoms with van der Waals surface area (Å²) in [4.78, 5) is 66.8. The number of ketones is 1. The Labute approximate surface area is 378 Å². The number of Topliss-reactive ketones (excluding diaryl/α,β-unsaturated/α-hetero) is 1. The van der Waals surface area contributed by atoms with Crippen LogP contribution in [-0.2, 0) is 29.8 Å². The first kappa shape index (κ1) is 45.3. The molecule has 4 heterocycles. The van der Waals surface area contributed by atoms with Crippen LogP contribution in [0.15, 0.2) is 66.1 Å². The highest BCUT2D eigenvalue weighted by Crippen LogP contribution is 2.74. The lowest BCUT2D eigenvalue weighted by Gasteiger charge is -2.30. The van der Waals surface area contributed by atoms with E-state index in [4.69, 9.17) is 35.8 Å². The normalized spacial score (nSPS) is 26.0. The topological polar surface area (TPSA) is 157 Å². The standard InChI is InChI=1S/C48H58ClN4O8PS/c1-30(2)50-47-52-41(29-63-47)40-24-44(37-20-19-35(59-3)22-39(37)51-40)60-36-23-42-43(54)26-48(62(57,58)28-32-14-9-12-18-38(32)49)25-33(48)15-8-6-4-5-7-13-31(46(56)53(42)27-36)21-45(55)61-34-16-10-11-17-34/h8-9,12,14-15,18-20,22,24,29-31,33-34,36,42H,4-7,10-11,13,16-17,21,23,25-28H2,1-3H3,(H,50,52)(H,57,58)/b15-8-/t31-,33+,36-,42+,48-/m1/s1. The van der Waals surface area contributed by atoms with Gasteiger partial charge in [0.05, 0.1) is 48.6 Å². The lowest BCUT2D eigenvalue weighted by molar-refractivity contribution is -0.154. The van der Waals surface area contributed by atoms with Gasteiger partial charge in [-0.25, -0.2) is 9.97 Å². The number of esters is 1. The van der Waals surface area contributed by atoms with Crippen molar-refractivity contribution in [2.24, 2.45) is 11.8 Å². The van der Waals surface area contributed by atoms with Gasteiger partial charge < -0.3 is 29.3 Å². The first-order valence-corrected chi connectivity index (χ1v) is 25.5.